The number of nitrogens with zero attached hydrogens (tertiary/aromatic N) is 1. The average Bonchev–Trinajstić information content (AvgIpc) is 3.14. The number of rotatable bonds is 6. The number of thiazole rings is 1. The molecule has 1 amide bonds. The Morgan fingerprint density at radius 2 is 1.74 bits per heavy atom. The summed E-state index contributed by atoms with van der Waals surface area (Å²) in [6, 6.07) is 19.1. The van der Waals surface area contributed by atoms with Gasteiger partial charge in [-0.2, -0.15) is 0 Å². The second kappa shape index (κ2) is 8.91. The molecule has 0 aliphatic carbocycles. The Kier molecular flexibility index (Phi) is 6.12. The highest BCUT2D eigenvalue weighted by atomic mass is 32.1. The fourth-order valence-corrected chi connectivity index (χ4v) is 3.15. The number of hydrogen-bond donors (Lipinski definition) is 1. The average molecular weight is 378 g/mol. The van der Waals surface area contributed by atoms with E-state index in [2.05, 4.69) is 15.0 Å². The maximum atomic E-state index is 12.9. The van der Waals surface area contributed by atoms with Crippen LogP contribution in [0.5, 0.6) is 0 Å². The van der Waals surface area contributed by atoms with Crippen LogP contribution in [0.15, 0.2) is 66.0 Å². The molecule has 1 heterocycles. The molecule has 0 atom stereocenters. The van der Waals surface area contributed by atoms with Gasteiger partial charge in [0.15, 0.2) is 5.13 Å². The van der Waals surface area contributed by atoms with Crippen LogP contribution in [0.3, 0.4) is 0 Å². The molecule has 6 heteroatoms. The predicted molar refractivity (Wildman–Crippen MR) is 107 cm³/mol. The van der Waals surface area contributed by atoms with E-state index in [0.717, 1.165) is 11.1 Å². The first-order valence-corrected chi connectivity index (χ1v) is 9.18. The number of ether oxygens (including phenoxy) is 1. The molecule has 0 unspecified atom stereocenters. The Bertz CT molecular complexity index is 950. The first kappa shape index (κ1) is 18.5. The van der Waals surface area contributed by atoms with Crippen LogP contribution in [-0.4, -0.2) is 24.0 Å². The fraction of sp³-hybridized carbons (Fsp3) is 0.0952. The van der Waals surface area contributed by atoms with Crippen molar-refractivity contribution in [3.63, 3.8) is 0 Å². The topological polar surface area (TPSA) is 68.3 Å². The van der Waals surface area contributed by atoms with E-state index in [1.54, 1.807) is 5.38 Å². The Morgan fingerprint density at radius 3 is 2.41 bits per heavy atom. The van der Waals surface area contributed by atoms with Gasteiger partial charge < -0.3 is 4.74 Å². The van der Waals surface area contributed by atoms with Gasteiger partial charge in [-0.15, -0.1) is 11.3 Å². The lowest BCUT2D eigenvalue weighted by molar-refractivity contribution is -0.139. The van der Waals surface area contributed by atoms with Gasteiger partial charge in [0.2, 0.25) is 0 Å². The van der Waals surface area contributed by atoms with E-state index in [1.807, 2.05) is 66.7 Å². The van der Waals surface area contributed by atoms with E-state index in [4.69, 9.17) is 0 Å². The van der Waals surface area contributed by atoms with E-state index in [-0.39, 0.29) is 18.3 Å². The highest BCUT2D eigenvalue weighted by Gasteiger charge is 2.15. The zero-order chi connectivity index (χ0) is 19.1. The van der Waals surface area contributed by atoms with Crippen LogP contribution in [-0.2, 0) is 20.7 Å². The minimum Gasteiger partial charge on any atom is -0.469 e. The molecule has 0 bridgehead atoms. The van der Waals surface area contributed by atoms with E-state index >= 15 is 0 Å². The fourth-order valence-electron chi connectivity index (χ4n) is 2.44. The third-order valence-corrected chi connectivity index (χ3v) is 4.57. The van der Waals surface area contributed by atoms with Crippen molar-refractivity contribution < 1.29 is 14.3 Å². The molecule has 1 aromatic heterocycles. The molecule has 0 saturated carbocycles. The van der Waals surface area contributed by atoms with Crippen molar-refractivity contribution >= 4 is 40.0 Å². The number of benzene rings is 2. The Balaban J connectivity index is 1.84. The third-order valence-electron chi connectivity index (χ3n) is 3.77. The molecule has 1 N–H and O–H groups in total. The lowest BCUT2D eigenvalue weighted by atomic mass is 10.0. The summed E-state index contributed by atoms with van der Waals surface area (Å²) in [6.45, 7) is 0. The number of amides is 1. The second-order valence-electron chi connectivity index (χ2n) is 5.69. The van der Waals surface area contributed by atoms with Crippen LogP contribution < -0.4 is 5.32 Å². The van der Waals surface area contributed by atoms with Gasteiger partial charge in [-0.25, -0.2) is 4.98 Å². The van der Waals surface area contributed by atoms with Gasteiger partial charge in [0.05, 0.1) is 19.2 Å². The monoisotopic (exact) mass is 378 g/mol. The van der Waals surface area contributed by atoms with E-state index in [1.165, 1.54) is 18.4 Å². The molecule has 2 aromatic carbocycles. The summed E-state index contributed by atoms with van der Waals surface area (Å²) >= 11 is 1.27. The van der Waals surface area contributed by atoms with E-state index in [9.17, 15) is 9.59 Å². The lowest BCUT2D eigenvalue weighted by Gasteiger charge is -2.08. The van der Waals surface area contributed by atoms with Crippen LogP contribution >= 0.6 is 11.3 Å². The second-order valence-corrected chi connectivity index (χ2v) is 6.54. The molecule has 5 nitrogen and oxygen atoms in total. The Labute approximate surface area is 161 Å². The van der Waals surface area contributed by atoms with Crippen molar-refractivity contribution in [2.24, 2.45) is 0 Å². The van der Waals surface area contributed by atoms with Crippen molar-refractivity contribution in [1.29, 1.82) is 0 Å². The molecule has 3 aromatic rings. The molecule has 3 rings (SSSR count). The third kappa shape index (κ3) is 5.12. The van der Waals surface area contributed by atoms with Crippen molar-refractivity contribution in [2.75, 3.05) is 12.4 Å². The van der Waals surface area contributed by atoms with E-state index < -0.39 is 0 Å². The van der Waals surface area contributed by atoms with Crippen LogP contribution in [0, 0.1) is 0 Å². The van der Waals surface area contributed by atoms with Crippen molar-refractivity contribution in [2.45, 2.75) is 6.42 Å². The molecular weight excluding hydrogens is 360 g/mol. The zero-order valence-corrected chi connectivity index (χ0v) is 15.5. The van der Waals surface area contributed by atoms with Crippen molar-refractivity contribution in [3.05, 3.63) is 82.9 Å². The minimum atomic E-state index is -0.368. The van der Waals surface area contributed by atoms with Crippen LogP contribution in [0.1, 0.15) is 16.8 Å². The number of esters is 1. The number of hydrogen-bond acceptors (Lipinski definition) is 5. The van der Waals surface area contributed by atoms with Crippen LogP contribution in [0.4, 0.5) is 5.13 Å². The van der Waals surface area contributed by atoms with Crippen LogP contribution in [0.25, 0.3) is 11.6 Å². The smallest absolute Gasteiger partial charge is 0.311 e. The maximum absolute atomic E-state index is 12.9. The molecule has 0 radical (unpaired) electrons. The van der Waals surface area contributed by atoms with Gasteiger partial charge in [0, 0.05) is 11.0 Å². The highest BCUT2D eigenvalue weighted by molar-refractivity contribution is 7.14. The van der Waals surface area contributed by atoms with Gasteiger partial charge in [0.1, 0.15) is 0 Å². The molecule has 0 aliphatic rings. The SMILES string of the molecule is COC(=O)Cc1csc(NC(=O)/C(=C/c2ccccc2)c2ccccc2)n1. The molecule has 0 aliphatic heterocycles. The van der Waals surface area contributed by atoms with Crippen molar-refractivity contribution in [1.82, 2.24) is 4.98 Å². The number of nitrogens with one attached hydrogen (secondary N) is 1. The molecule has 0 spiro atoms. The summed E-state index contributed by atoms with van der Waals surface area (Å²) in [4.78, 5) is 28.5. The standard InChI is InChI=1S/C21H18N2O3S/c1-26-19(24)13-17-14-27-21(22-17)23-20(25)18(16-10-6-3-7-11-16)12-15-8-4-2-5-9-15/h2-12,14H,13H2,1H3,(H,22,23,25)/b18-12+. The molecule has 27 heavy (non-hydrogen) atoms. The largest absolute Gasteiger partial charge is 0.469 e. The van der Waals surface area contributed by atoms with Gasteiger partial charge >= 0.3 is 5.97 Å². The predicted octanol–water partition coefficient (Wildman–Crippen LogP) is 4.04. The summed E-state index contributed by atoms with van der Waals surface area (Å²) in [5.74, 6) is -0.629. The summed E-state index contributed by atoms with van der Waals surface area (Å²) in [5, 5.41) is 4.99. The first-order valence-electron chi connectivity index (χ1n) is 8.30. The maximum Gasteiger partial charge on any atom is 0.311 e. The summed E-state index contributed by atoms with van der Waals surface area (Å²) in [7, 11) is 1.33. The number of carbonyl (C=O) groups is 2. The lowest BCUT2D eigenvalue weighted by Crippen LogP contribution is -2.14. The quantitative estimate of drug-likeness (QED) is 0.399. The Morgan fingerprint density at radius 1 is 1.07 bits per heavy atom. The molecule has 136 valence electrons. The summed E-state index contributed by atoms with van der Waals surface area (Å²) in [5.41, 5.74) is 2.84. The zero-order valence-electron chi connectivity index (χ0n) is 14.7. The summed E-state index contributed by atoms with van der Waals surface area (Å²) < 4.78 is 4.64. The highest BCUT2D eigenvalue weighted by Crippen LogP contribution is 2.22. The summed E-state index contributed by atoms with van der Waals surface area (Å²) in [6.07, 6.45) is 1.92. The number of carbonyl (C=O) groups excluding carboxylic acids is 2. The molecular formula is C21H18N2O3S. The normalized spacial score (nSPS) is 11.1. The van der Waals surface area contributed by atoms with Gasteiger partial charge in [-0.3, -0.25) is 14.9 Å². The van der Waals surface area contributed by atoms with Crippen LogP contribution in [0.2, 0.25) is 0 Å². The molecule has 0 saturated heterocycles. The van der Waals surface area contributed by atoms with E-state index in [0.29, 0.717) is 16.4 Å². The van der Waals surface area contributed by atoms with Crippen molar-refractivity contribution in [3.8, 4) is 0 Å². The molecule has 0 fully saturated rings. The first-order chi connectivity index (χ1) is 13.2. The van der Waals surface area contributed by atoms with Gasteiger partial charge in [0.25, 0.3) is 5.91 Å². The van der Waals surface area contributed by atoms with Gasteiger partial charge in [-0.05, 0) is 17.2 Å². The number of methoxy groups -OCH3 is 1. The van der Waals surface area contributed by atoms with Gasteiger partial charge in [-0.1, -0.05) is 60.7 Å². The minimum absolute atomic E-state index is 0.0776. The number of anilines is 1. The number of aromatic nitrogens is 1. The Hall–Kier alpha value is -3.25.